The Morgan fingerprint density at radius 2 is 2.25 bits per heavy atom. The molecule has 0 saturated heterocycles. The number of carboxylic acid groups (broad SMARTS) is 1. The summed E-state index contributed by atoms with van der Waals surface area (Å²) in [4.78, 5) is 27.2. The zero-order chi connectivity index (χ0) is 20.6. The van der Waals surface area contributed by atoms with Gasteiger partial charge in [-0.25, -0.2) is 9.78 Å². The number of carbonyl (C=O) groups excluding carboxylic acids is 1. The van der Waals surface area contributed by atoms with Crippen molar-refractivity contribution in [3.8, 4) is 0 Å². The first-order valence-corrected chi connectivity index (χ1v) is 11.6. The molecule has 0 aliphatic heterocycles. The Balaban J connectivity index is 1.83. The van der Waals surface area contributed by atoms with Crippen molar-refractivity contribution >= 4 is 34.9 Å². The number of aromatic nitrogens is 1. The summed E-state index contributed by atoms with van der Waals surface area (Å²) >= 11 is 2.83. The maximum absolute atomic E-state index is 12.3. The zero-order valence-electron chi connectivity index (χ0n) is 16.5. The van der Waals surface area contributed by atoms with Crippen LogP contribution < -0.4 is 0 Å². The van der Waals surface area contributed by atoms with E-state index in [2.05, 4.69) is 18.0 Å². The van der Waals surface area contributed by atoms with E-state index >= 15 is 0 Å². The lowest BCUT2D eigenvalue weighted by atomic mass is 9.91. The SMILES string of the molecule is CCC/C=C/C(C)(O)C/C=C/[C@H]1CCC(=O)[C@@H]1CCSc1nc(C(=O)O)cs1. The fourth-order valence-electron chi connectivity index (χ4n) is 3.29. The molecule has 0 radical (unpaired) electrons. The highest BCUT2D eigenvalue weighted by Gasteiger charge is 2.32. The van der Waals surface area contributed by atoms with Gasteiger partial charge in [0.2, 0.25) is 0 Å². The lowest BCUT2D eigenvalue weighted by Crippen LogP contribution is -2.19. The summed E-state index contributed by atoms with van der Waals surface area (Å²) in [5.74, 6) is 0.248. The predicted octanol–water partition coefficient (Wildman–Crippen LogP) is 4.97. The van der Waals surface area contributed by atoms with Crippen molar-refractivity contribution in [2.24, 2.45) is 11.8 Å². The van der Waals surface area contributed by atoms with Crippen LogP contribution in [0.4, 0.5) is 0 Å². The number of rotatable bonds is 11. The molecular formula is C21H29NO4S2. The van der Waals surface area contributed by atoms with Gasteiger partial charge < -0.3 is 10.2 Å². The van der Waals surface area contributed by atoms with Crippen molar-refractivity contribution in [1.82, 2.24) is 4.98 Å². The zero-order valence-corrected chi connectivity index (χ0v) is 18.1. The molecule has 0 aromatic carbocycles. The molecule has 28 heavy (non-hydrogen) atoms. The number of carbonyl (C=O) groups is 2. The van der Waals surface area contributed by atoms with Gasteiger partial charge in [-0.15, -0.1) is 11.3 Å². The first-order chi connectivity index (χ1) is 13.3. The van der Waals surface area contributed by atoms with Gasteiger partial charge >= 0.3 is 5.97 Å². The number of aliphatic hydroxyl groups is 1. The largest absolute Gasteiger partial charge is 0.476 e. The number of thiazole rings is 1. The Morgan fingerprint density at radius 3 is 2.93 bits per heavy atom. The second kappa shape index (κ2) is 10.9. The van der Waals surface area contributed by atoms with Crippen LogP contribution >= 0.6 is 23.1 Å². The van der Waals surface area contributed by atoms with Gasteiger partial charge in [0.1, 0.15) is 5.78 Å². The van der Waals surface area contributed by atoms with E-state index in [0.29, 0.717) is 18.6 Å². The van der Waals surface area contributed by atoms with Crippen LogP contribution in [0.2, 0.25) is 0 Å². The molecular weight excluding hydrogens is 394 g/mol. The first-order valence-electron chi connectivity index (χ1n) is 9.73. The molecule has 1 heterocycles. The van der Waals surface area contributed by atoms with Crippen LogP contribution in [0.15, 0.2) is 34.0 Å². The Morgan fingerprint density at radius 1 is 1.46 bits per heavy atom. The van der Waals surface area contributed by atoms with Gasteiger partial charge in [-0.1, -0.05) is 49.4 Å². The van der Waals surface area contributed by atoms with E-state index in [1.54, 1.807) is 6.92 Å². The van der Waals surface area contributed by atoms with E-state index in [0.717, 1.165) is 35.8 Å². The van der Waals surface area contributed by atoms with Gasteiger partial charge in [0.25, 0.3) is 0 Å². The summed E-state index contributed by atoms with van der Waals surface area (Å²) in [6.45, 7) is 3.91. The second-order valence-electron chi connectivity index (χ2n) is 7.40. The summed E-state index contributed by atoms with van der Waals surface area (Å²) in [5.41, 5.74) is -0.780. The average Bonchev–Trinajstić information content (AvgIpc) is 3.23. The van der Waals surface area contributed by atoms with E-state index in [1.165, 1.54) is 28.5 Å². The van der Waals surface area contributed by atoms with Gasteiger partial charge in [-0.05, 0) is 38.5 Å². The van der Waals surface area contributed by atoms with E-state index in [4.69, 9.17) is 5.11 Å². The molecule has 1 saturated carbocycles. The Bertz CT molecular complexity index is 724. The molecule has 7 heteroatoms. The van der Waals surface area contributed by atoms with E-state index in [1.807, 2.05) is 18.2 Å². The number of thioether (sulfide) groups is 1. The molecule has 0 amide bonds. The van der Waals surface area contributed by atoms with Gasteiger partial charge in [0.15, 0.2) is 10.0 Å². The third kappa shape index (κ3) is 7.18. The Labute approximate surface area is 175 Å². The number of unbranched alkanes of at least 4 members (excludes halogenated alkanes) is 1. The van der Waals surface area contributed by atoms with Gasteiger partial charge in [-0.2, -0.15) is 0 Å². The first kappa shape index (κ1) is 22.8. The van der Waals surface area contributed by atoms with Crippen molar-refractivity contribution in [2.45, 2.75) is 62.3 Å². The number of aromatic carboxylic acids is 1. The van der Waals surface area contributed by atoms with Gasteiger partial charge in [0.05, 0.1) is 5.60 Å². The molecule has 1 fully saturated rings. The molecule has 0 spiro atoms. The normalized spacial score (nSPS) is 22.3. The van der Waals surface area contributed by atoms with Gasteiger partial charge in [-0.3, -0.25) is 4.79 Å². The fourth-order valence-corrected chi connectivity index (χ4v) is 5.18. The van der Waals surface area contributed by atoms with Crippen LogP contribution in [-0.2, 0) is 4.79 Å². The van der Waals surface area contributed by atoms with E-state index in [-0.39, 0.29) is 17.5 Å². The van der Waals surface area contributed by atoms with Crippen molar-refractivity contribution in [1.29, 1.82) is 0 Å². The maximum Gasteiger partial charge on any atom is 0.355 e. The quantitative estimate of drug-likeness (QED) is 0.386. The highest BCUT2D eigenvalue weighted by atomic mass is 32.2. The summed E-state index contributed by atoms with van der Waals surface area (Å²) in [6, 6.07) is 0. The van der Waals surface area contributed by atoms with Crippen molar-refractivity contribution in [2.75, 3.05) is 5.75 Å². The second-order valence-corrected chi connectivity index (χ2v) is 9.60. The van der Waals surface area contributed by atoms with Crippen LogP contribution in [-0.4, -0.2) is 38.3 Å². The summed E-state index contributed by atoms with van der Waals surface area (Å²) in [7, 11) is 0. The average molecular weight is 424 g/mol. The summed E-state index contributed by atoms with van der Waals surface area (Å²) < 4.78 is 0.727. The van der Waals surface area contributed by atoms with Crippen molar-refractivity contribution in [3.63, 3.8) is 0 Å². The molecule has 3 atom stereocenters. The van der Waals surface area contributed by atoms with Crippen LogP contribution in [0.25, 0.3) is 0 Å². The monoisotopic (exact) mass is 423 g/mol. The smallest absolute Gasteiger partial charge is 0.355 e. The third-order valence-electron chi connectivity index (χ3n) is 4.86. The minimum Gasteiger partial charge on any atom is -0.476 e. The number of carboxylic acids is 1. The molecule has 2 N–H and O–H groups in total. The van der Waals surface area contributed by atoms with E-state index < -0.39 is 11.6 Å². The number of hydrogen-bond acceptors (Lipinski definition) is 6. The molecule has 1 aromatic rings. The number of hydrogen-bond donors (Lipinski definition) is 2. The molecule has 0 bridgehead atoms. The number of nitrogens with zero attached hydrogens (tertiary/aromatic N) is 1. The van der Waals surface area contributed by atoms with Crippen LogP contribution in [0.3, 0.4) is 0 Å². The number of Topliss-reactive ketones (excluding diaryl/α,β-unsaturated/α-hetero) is 1. The number of ketones is 1. The molecule has 154 valence electrons. The van der Waals surface area contributed by atoms with Crippen molar-refractivity contribution < 1.29 is 19.8 Å². The lowest BCUT2D eigenvalue weighted by Gasteiger charge is -2.18. The molecule has 1 aliphatic rings. The van der Waals surface area contributed by atoms with Crippen LogP contribution in [0, 0.1) is 11.8 Å². The maximum atomic E-state index is 12.3. The standard InChI is InChI=1S/C21H29NO4S2/c1-3-4-5-11-21(2,26)12-6-7-15-8-9-18(23)16(15)10-13-27-20-22-17(14-28-20)19(24)25/h5-7,11,14-16,26H,3-4,8-10,12-13H2,1-2H3,(H,24,25)/b7-6+,11-5+/t15-,16+,21?/m0/s1. The summed E-state index contributed by atoms with van der Waals surface area (Å²) in [6.07, 6.45) is 12.7. The minimum atomic E-state index is -1.01. The number of allylic oxidation sites excluding steroid dienone is 2. The van der Waals surface area contributed by atoms with Crippen LogP contribution in [0.1, 0.15) is 62.9 Å². The third-order valence-corrected chi connectivity index (χ3v) is 6.91. The van der Waals surface area contributed by atoms with Gasteiger partial charge in [0, 0.05) is 23.5 Å². The Kier molecular flexibility index (Phi) is 8.92. The molecule has 1 aromatic heterocycles. The molecule has 2 rings (SSSR count). The van der Waals surface area contributed by atoms with Crippen molar-refractivity contribution in [3.05, 3.63) is 35.4 Å². The molecule has 5 nitrogen and oxygen atoms in total. The molecule has 1 unspecified atom stereocenters. The van der Waals surface area contributed by atoms with Crippen LogP contribution in [0.5, 0.6) is 0 Å². The predicted molar refractivity (Wildman–Crippen MR) is 114 cm³/mol. The van der Waals surface area contributed by atoms with E-state index in [9.17, 15) is 14.7 Å². The lowest BCUT2D eigenvalue weighted by molar-refractivity contribution is -0.121. The highest BCUT2D eigenvalue weighted by Crippen LogP contribution is 2.35. The fraction of sp³-hybridized carbons (Fsp3) is 0.571. The summed E-state index contributed by atoms with van der Waals surface area (Å²) in [5, 5.41) is 20.9. The molecule has 1 aliphatic carbocycles. The minimum absolute atomic E-state index is 0.00300. The highest BCUT2D eigenvalue weighted by molar-refractivity contribution is 8.01. The topological polar surface area (TPSA) is 87.5 Å². The Hall–Kier alpha value is -1.44.